The molecule has 0 amide bonds. The highest BCUT2D eigenvalue weighted by atomic mass is 79.9. The quantitative estimate of drug-likeness (QED) is 0.794. The number of aryl methyl sites for hydroxylation is 1. The van der Waals surface area contributed by atoms with Crippen molar-refractivity contribution in [3.05, 3.63) is 52.3 Å². The molecular weight excluding hydrogens is 264 g/mol. The highest BCUT2D eigenvalue weighted by molar-refractivity contribution is 9.10. The molecule has 0 aliphatic heterocycles. The predicted molar refractivity (Wildman–Crippen MR) is 66.8 cm³/mol. The van der Waals surface area contributed by atoms with E-state index in [-0.39, 0.29) is 0 Å². The maximum atomic E-state index is 8.89. The summed E-state index contributed by atoms with van der Waals surface area (Å²) in [6, 6.07) is 12.1. The summed E-state index contributed by atoms with van der Waals surface area (Å²) in [4.78, 5) is 3.99. The first-order valence-corrected chi connectivity index (χ1v) is 5.63. The van der Waals surface area contributed by atoms with Crippen molar-refractivity contribution < 1.29 is 0 Å². The van der Waals surface area contributed by atoms with Crippen LogP contribution < -0.4 is 0 Å². The van der Waals surface area contributed by atoms with Crippen molar-refractivity contribution in [1.29, 1.82) is 5.26 Å². The standard InChI is InChI=1S/C13H9BrN2/c1-9-2-4-10(5-3-9)11-6-7-16-12(8-15)13(11)14/h2-7H,1H3. The van der Waals surface area contributed by atoms with Gasteiger partial charge >= 0.3 is 0 Å². The monoisotopic (exact) mass is 272 g/mol. The lowest BCUT2D eigenvalue weighted by Gasteiger charge is -2.05. The summed E-state index contributed by atoms with van der Waals surface area (Å²) in [6.45, 7) is 2.05. The Hall–Kier alpha value is -1.66. The number of halogens is 1. The topological polar surface area (TPSA) is 36.7 Å². The summed E-state index contributed by atoms with van der Waals surface area (Å²) in [6.07, 6.45) is 1.65. The fourth-order valence-corrected chi connectivity index (χ4v) is 2.03. The molecule has 0 bridgehead atoms. The van der Waals surface area contributed by atoms with E-state index in [1.165, 1.54) is 5.56 Å². The van der Waals surface area contributed by atoms with E-state index >= 15 is 0 Å². The number of rotatable bonds is 1. The van der Waals surface area contributed by atoms with Gasteiger partial charge in [0.2, 0.25) is 0 Å². The van der Waals surface area contributed by atoms with E-state index in [0.717, 1.165) is 15.6 Å². The molecule has 2 aromatic rings. The number of aromatic nitrogens is 1. The Morgan fingerprint density at radius 1 is 1.19 bits per heavy atom. The molecule has 2 rings (SSSR count). The molecule has 0 radical (unpaired) electrons. The van der Waals surface area contributed by atoms with E-state index in [2.05, 4.69) is 27.0 Å². The molecule has 1 aromatic carbocycles. The summed E-state index contributed by atoms with van der Waals surface area (Å²) in [5, 5.41) is 8.89. The highest BCUT2D eigenvalue weighted by Gasteiger charge is 2.07. The van der Waals surface area contributed by atoms with E-state index in [4.69, 9.17) is 5.26 Å². The van der Waals surface area contributed by atoms with E-state index < -0.39 is 0 Å². The van der Waals surface area contributed by atoms with Crippen molar-refractivity contribution in [3.8, 4) is 17.2 Å². The number of nitrogens with zero attached hydrogens (tertiary/aromatic N) is 2. The normalized spacial score (nSPS) is 9.81. The van der Waals surface area contributed by atoms with Crippen LogP contribution in [0.3, 0.4) is 0 Å². The highest BCUT2D eigenvalue weighted by Crippen LogP contribution is 2.29. The lowest BCUT2D eigenvalue weighted by atomic mass is 10.0. The average Bonchev–Trinajstić information content (AvgIpc) is 2.31. The second kappa shape index (κ2) is 4.46. The fourth-order valence-electron chi connectivity index (χ4n) is 1.48. The van der Waals surface area contributed by atoms with Crippen molar-refractivity contribution in [3.63, 3.8) is 0 Å². The summed E-state index contributed by atoms with van der Waals surface area (Å²) in [5.41, 5.74) is 3.70. The third-order valence-electron chi connectivity index (χ3n) is 2.36. The summed E-state index contributed by atoms with van der Waals surface area (Å²) in [7, 11) is 0. The van der Waals surface area contributed by atoms with Gasteiger partial charge in [0.05, 0.1) is 4.47 Å². The zero-order valence-electron chi connectivity index (χ0n) is 8.74. The molecule has 0 N–H and O–H groups in total. The van der Waals surface area contributed by atoms with Crippen LogP contribution in [0.5, 0.6) is 0 Å². The molecule has 3 heteroatoms. The largest absolute Gasteiger partial charge is 0.244 e. The Bertz CT molecular complexity index is 553. The minimum Gasteiger partial charge on any atom is -0.244 e. The van der Waals surface area contributed by atoms with E-state index in [1.54, 1.807) is 6.20 Å². The summed E-state index contributed by atoms with van der Waals surface area (Å²) < 4.78 is 0.751. The molecule has 0 spiro atoms. The molecule has 0 fully saturated rings. The second-order valence-corrected chi connectivity index (χ2v) is 4.29. The van der Waals surface area contributed by atoms with Gasteiger partial charge in [0.15, 0.2) is 5.69 Å². The SMILES string of the molecule is Cc1ccc(-c2ccnc(C#N)c2Br)cc1. The van der Waals surface area contributed by atoms with Gasteiger partial charge in [-0.3, -0.25) is 0 Å². The van der Waals surface area contributed by atoms with Crippen molar-refractivity contribution in [2.45, 2.75) is 6.92 Å². The number of hydrogen-bond acceptors (Lipinski definition) is 2. The molecule has 0 aliphatic rings. The predicted octanol–water partition coefficient (Wildman–Crippen LogP) is 3.69. The van der Waals surface area contributed by atoms with Crippen molar-refractivity contribution in [2.75, 3.05) is 0 Å². The molecule has 1 heterocycles. The molecule has 0 saturated heterocycles. The minimum absolute atomic E-state index is 0.415. The van der Waals surface area contributed by atoms with Crippen LogP contribution in [-0.4, -0.2) is 4.98 Å². The van der Waals surface area contributed by atoms with Crippen LogP contribution in [-0.2, 0) is 0 Å². The maximum Gasteiger partial charge on any atom is 0.155 e. The van der Waals surface area contributed by atoms with Crippen molar-refractivity contribution in [2.24, 2.45) is 0 Å². The van der Waals surface area contributed by atoms with Crippen LogP contribution in [0.4, 0.5) is 0 Å². The lowest BCUT2D eigenvalue weighted by Crippen LogP contribution is -1.88. The van der Waals surface area contributed by atoms with Gasteiger partial charge in [-0.15, -0.1) is 0 Å². The molecule has 0 saturated carbocycles. The number of benzene rings is 1. The summed E-state index contributed by atoms with van der Waals surface area (Å²) in [5.74, 6) is 0. The van der Waals surface area contributed by atoms with Gasteiger partial charge in [-0.05, 0) is 34.5 Å². The Morgan fingerprint density at radius 2 is 1.88 bits per heavy atom. The van der Waals surface area contributed by atoms with Gasteiger partial charge in [0, 0.05) is 11.8 Å². The molecule has 0 unspecified atom stereocenters. The van der Waals surface area contributed by atoms with Gasteiger partial charge in [0.25, 0.3) is 0 Å². The van der Waals surface area contributed by atoms with Crippen LogP contribution in [0.1, 0.15) is 11.3 Å². The smallest absolute Gasteiger partial charge is 0.155 e. The molecule has 0 aliphatic carbocycles. The van der Waals surface area contributed by atoms with Gasteiger partial charge < -0.3 is 0 Å². The molecular formula is C13H9BrN2. The van der Waals surface area contributed by atoms with Crippen LogP contribution in [0, 0.1) is 18.3 Å². The first-order valence-electron chi connectivity index (χ1n) is 4.84. The molecule has 78 valence electrons. The van der Waals surface area contributed by atoms with E-state index in [1.807, 2.05) is 37.3 Å². The van der Waals surface area contributed by atoms with Crippen LogP contribution in [0.15, 0.2) is 41.0 Å². The van der Waals surface area contributed by atoms with Gasteiger partial charge in [-0.1, -0.05) is 29.8 Å². The molecule has 0 atom stereocenters. The van der Waals surface area contributed by atoms with Gasteiger partial charge in [-0.25, -0.2) is 4.98 Å². The van der Waals surface area contributed by atoms with Crippen molar-refractivity contribution >= 4 is 15.9 Å². The lowest BCUT2D eigenvalue weighted by molar-refractivity contribution is 1.24. The first-order chi connectivity index (χ1) is 7.72. The third-order valence-corrected chi connectivity index (χ3v) is 3.16. The number of nitriles is 1. The minimum atomic E-state index is 0.415. The van der Waals surface area contributed by atoms with Crippen molar-refractivity contribution in [1.82, 2.24) is 4.98 Å². The zero-order chi connectivity index (χ0) is 11.5. The Kier molecular flexibility index (Phi) is 3.02. The Labute approximate surface area is 103 Å². The van der Waals surface area contributed by atoms with Crippen LogP contribution in [0.25, 0.3) is 11.1 Å². The zero-order valence-corrected chi connectivity index (χ0v) is 10.3. The van der Waals surface area contributed by atoms with E-state index in [0.29, 0.717) is 5.69 Å². The molecule has 2 nitrogen and oxygen atoms in total. The first kappa shape index (κ1) is 10.8. The maximum absolute atomic E-state index is 8.89. The van der Waals surface area contributed by atoms with Gasteiger partial charge in [0.1, 0.15) is 6.07 Å². The van der Waals surface area contributed by atoms with Crippen LogP contribution in [0.2, 0.25) is 0 Å². The average molecular weight is 273 g/mol. The molecule has 16 heavy (non-hydrogen) atoms. The van der Waals surface area contributed by atoms with Crippen LogP contribution >= 0.6 is 15.9 Å². The Morgan fingerprint density at radius 3 is 2.50 bits per heavy atom. The number of pyridine rings is 1. The second-order valence-electron chi connectivity index (χ2n) is 3.50. The fraction of sp³-hybridized carbons (Fsp3) is 0.0769. The number of hydrogen-bond donors (Lipinski definition) is 0. The molecule has 1 aromatic heterocycles. The Balaban J connectivity index is 2.57. The van der Waals surface area contributed by atoms with E-state index in [9.17, 15) is 0 Å². The van der Waals surface area contributed by atoms with Gasteiger partial charge in [-0.2, -0.15) is 5.26 Å². The summed E-state index contributed by atoms with van der Waals surface area (Å²) >= 11 is 3.41. The third kappa shape index (κ3) is 1.98.